The molecular formula is C13H13N3O. The average Bonchev–Trinajstić information content (AvgIpc) is 2.95. The van der Waals surface area contributed by atoms with Gasteiger partial charge in [0.15, 0.2) is 5.82 Å². The Morgan fingerprint density at radius 2 is 2.06 bits per heavy atom. The van der Waals surface area contributed by atoms with Crippen LogP contribution < -0.4 is 5.32 Å². The van der Waals surface area contributed by atoms with Crippen LogP contribution in [0, 0.1) is 0 Å². The van der Waals surface area contributed by atoms with Gasteiger partial charge in [-0.1, -0.05) is 18.2 Å². The first-order chi connectivity index (χ1) is 8.34. The lowest BCUT2D eigenvalue weighted by Crippen LogP contribution is -2.13. The predicted octanol–water partition coefficient (Wildman–Crippen LogP) is 2.15. The summed E-state index contributed by atoms with van der Waals surface area (Å²) in [5.41, 5.74) is 2.98. The minimum Gasteiger partial charge on any atom is -0.305 e. The third kappa shape index (κ3) is 1.82. The van der Waals surface area contributed by atoms with E-state index in [-0.39, 0.29) is 5.91 Å². The van der Waals surface area contributed by atoms with E-state index in [4.69, 9.17) is 0 Å². The number of aromatic amines is 1. The van der Waals surface area contributed by atoms with Crippen LogP contribution in [-0.2, 0) is 12.8 Å². The molecule has 2 N–H and O–H groups in total. The number of carbonyl (C=O) groups excluding carboxylic acids is 1. The van der Waals surface area contributed by atoms with Gasteiger partial charge in [0.05, 0.1) is 0 Å². The molecule has 2 aromatic rings. The average molecular weight is 227 g/mol. The molecule has 1 aromatic carbocycles. The van der Waals surface area contributed by atoms with Crippen LogP contribution >= 0.6 is 0 Å². The number of rotatable bonds is 2. The Morgan fingerprint density at radius 3 is 2.88 bits per heavy atom. The molecule has 0 radical (unpaired) electrons. The molecule has 1 aromatic heterocycles. The van der Waals surface area contributed by atoms with Gasteiger partial charge < -0.3 is 5.32 Å². The number of anilines is 1. The number of nitrogens with one attached hydrogen (secondary N) is 2. The number of aryl methyl sites for hydroxylation is 1. The molecule has 1 aliphatic carbocycles. The third-order valence-electron chi connectivity index (χ3n) is 3.07. The van der Waals surface area contributed by atoms with Crippen molar-refractivity contribution in [3.63, 3.8) is 0 Å². The van der Waals surface area contributed by atoms with Crippen LogP contribution in [0.1, 0.15) is 28.0 Å². The Kier molecular flexibility index (Phi) is 2.40. The zero-order chi connectivity index (χ0) is 11.7. The van der Waals surface area contributed by atoms with Crippen molar-refractivity contribution in [2.45, 2.75) is 19.3 Å². The van der Waals surface area contributed by atoms with Gasteiger partial charge in [0.25, 0.3) is 5.91 Å². The Morgan fingerprint density at radius 1 is 1.24 bits per heavy atom. The number of nitrogens with zero attached hydrogens (tertiary/aromatic N) is 1. The minimum atomic E-state index is -0.105. The second-order valence-corrected chi connectivity index (χ2v) is 4.20. The Labute approximate surface area is 99.1 Å². The van der Waals surface area contributed by atoms with Gasteiger partial charge in [-0.05, 0) is 31.4 Å². The SMILES string of the molecule is O=C(Nc1n[nH]c2c1CCC2)c1ccccc1. The van der Waals surface area contributed by atoms with Crippen molar-refractivity contribution in [3.05, 3.63) is 47.2 Å². The standard InChI is InChI=1S/C13H13N3O/c17-13(9-5-2-1-3-6-9)14-12-10-7-4-8-11(10)15-16-12/h1-3,5-6H,4,7-8H2,(H2,14,15,16,17). The van der Waals surface area contributed by atoms with E-state index in [2.05, 4.69) is 15.5 Å². The summed E-state index contributed by atoms with van der Waals surface area (Å²) < 4.78 is 0. The number of amides is 1. The van der Waals surface area contributed by atoms with Crippen molar-refractivity contribution in [1.29, 1.82) is 0 Å². The fourth-order valence-corrected chi connectivity index (χ4v) is 2.19. The highest BCUT2D eigenvalue weighted by Crippen LogP contribution is 2.26. The van der Waals surface area contributed by atoms with E-state index in [0.29, 0.717) is 11.4 Å². The molecule has 0 fully saturated rings. The summed E-state index contributed by atoms with van der Waals surface area (Å²) in [6.07, 6.45) is 3.16. The van der Waals surface area contributed by atoms with Crippen molar-refractivity contribution in [1.82, 2.24) is 10.2 Å². The maximum atomic E-state index is 11.9. The Balaban J connectivity index is 1.81. The van der Waals surface area contributed by atoms with Gasteiger partial charge in [0.2, 0.25) is 0 Å². The number of hydrogen-bond acceptors (Lipinski definition) is 2. The van der Waals surface area contributed by atoms with Crippen molar-refractivity contribution in [2.24, 2.45) is 0 Å². The number of benzene rings is 1. The van der Waals surface area contributed by atoms with Crippen LogP contribution in [-0.4, -0.2) is 16.1 Å². The van der Waals surface area contributed by atoms with Gasteiger partial charge >= 0.3 is 0 Å². The number of hydrogen-bond donors (Lipinski definition) is 2. The van der Waals surface area contributed by atoms with Gasteiger partial charge in [-0.2, -0.15) is 5.10 Å². The molecule has 3 rings (SSSR count). The van der Waals surface area contributed by atoms with Crippen LogP contribution in [0.2, 0.25) is 0 Å². The zero-order valence-corrected chi connectivity index (χ0v) is 9.36. The van der Waals surface area contributed by atoms with Crippen LogP contribution in [0.3, 0.4) is 0 Å². The normalized spacial score (nSPS) is 13.4. The van der Waals surface area contributed by atoms with Crippen molar-refractivity contribution >= 4 is 11.7 Å². The third-order valence-corrected chi connectivity index (χ3v) is 3.07. The van der Waals surface area contributed by atoms with Crippen LogP contribution in [0.25, 0.3) is 0 Å². The number of carbonyl (C=O) groups is 1. The van der Waals surface area contributed by atoms with Crippen LogP contribution in [0.15, 0.2) is 30.3 Å². The summed E-state index contributed by atoms with van der Waals surface area (Å²) in [7, 11) is 0. The zero-order valence-electron chi connectivity index (χ0n) is 9.36. The molecule has 1 aliphatic rings. The Hall–Kier alpha value is -2.10. The van der Waals surface area contributed by atoms with E-state index >= 15 is 0 Å². The van der Waals surface area contributed by atoms with Crippen LogP contribution in [0.5, 0.6) is 0 Å². The van der Waals surface area contributed by atoms with E-state index in [1.807, 2.05) is 18.2 Å². The van der Waals surface area contributed by atoms with E-state index in [1.165, 1.54) is 0 Å². The molecule has 1 heterocycles. The summed E-state index contributed by atoms with van der Waals surface area (Å²) in [6, 6.07) is 9.18. The number of H-pyrrole nitrogens is 1. The van der Waals surface area contributed by atoms with Crippen molar-refractivity contribution in [3.8, 4) is 0 Å². The molecule has 0 spiro atoms. The molecule has 0 saturated carbocycles. The van der Waals surface area contributed by atoms with Crippen molar-refractivity contribution < 1.29 is 4.79 Å². The highest BCUT2D eigenvalue weighted by molar-refractivity contribution is 6.04. The quantitative estimate of drug-likeness (QED) is 0.825. The van der Waals surface area contributed by atoms with Crippen molar-refractivity contribution in [2.75, 3.05) is 5.32 Å². The van der Waals surface area contributed by atoms with Gasteiger partial charge in [0, 0.05) is 16.8 Å². The summed E-state index contributed by atoms with van der Waals surface area (Å²) in [4.78, 5) is 11.9. The highest BCUT2D eigenvalue weighted by atomic mass is 16.1. The van der Waals surface area contributed by atoms with Gasteiger partial charge in [0.1, 0.15) is 0 Å². The van der Waals surface area contributed by atoms with Gasteiger partial charge in [-0.25, -0.2) is 0 Å². The highest BCUT2D eigenvalue weighted by Gasteiger charge is 2.19. The minimum absolute atomic E-state index is 0.105. The number of aromatic nitrogens is 2. The first-order valence-corrected chi connectivity index (χ1v) is 5.77. The summed E-state index contributed by atoms with van der Waals surface area (Å²) in [6.45, 7) is 0. The predicted molar refractivity (Wildman–Crippen MR) is 65.0 cm³/mol. The van der Waals surface area contributed by atoms with E-state index in [9.17, 15) is 4.79 Å². The van der Waals surface area contributed by atoms with E-state index < -0.39 is 0 Å². The summed E-state index contributed by atoms with van der Waals surface area (Å²) in [5, 5.41) is 9.98. The largest absolute Gasteiger partial charge is 0.305 e. The fourth-order valence-electron chi connectivity index (χ4n) is 2.19. The topological polar surface area (TPSA) is 57.8 Å². The molecule has 4 heteroatoms. The van der Waals surface area contributed by atoms with E-state index in [0.717, 1.165) is 30.5 Å². The van der Waals surface area contributed by atoms with E-state index in [1.54, 1.807) is 12.1 Å². The molecule has 0 atom stereocenters. The monoisotopic (exact) mass is 227 g/mol. The lowest BCUT2D eigenvalue weighted by Gasteiger charge is -2.03. The van der Waals surface area contributed by atoms with Gasteiger partial charge in [-0.3, -0.25) is 9.89 Å². The molecular weight excluding hydrogens is 214 g/mol. The summed E-state index contributed by atoms with van der Waals surface area (Å²) in [5.74, 6) is 0.582. The first-order valence-electron chi connectivity index (χ1n) is 5.77. The second kappa shape index (κ2) is 4.05. The van der Waals surface area contributed by atoms with Crippen LogP contribution in [0.4, 0.5) is 5.82 Å². The first kappa shape index (κ1) is 10.1. The molecule has 1 amide bonds. The molecule has 17 heavy (non-hydrogen) atoms. The maximum Gasteiger partial charge on any atom is 0.256 e. The maximum absolute atomic E-state index is 11.9. The fraction of sp³-hybridized carbons (Fsp3) is 0.231. The second-order valence-electron chi connectivity index (χ2n) is 4.20. The molecule has 0 unspecified atom stereocenters. The lowest BCUT2D eigenvalue weighted by molar-refractivity contribution is 0.102. The molecule has 0 saturated heterocycles. The lowest BCUT2D eigenvalue weighted by atomic mass is 10.2. The molecule has 4 nitrogen and oxygen atoms in total. The molecule has 0 aliphatic heterocycles. The van der Waals surface area contributed by atoms with Gasteiger partial charge in [-0.15, -0.1) is 0 Å². The Bertz CT molecular complexity index is 545. The smallest absolute Gasteiger partial charge is 0.256 e. The number of fused-ring (bicyclic) bond motifs is 1. The summed E-state index contributed by atoms with van der Waals surface area (Å²) >= 11 is 0. The molecule has 86 valence electrons. The molecule has 0 bridgehead atoms.